The van der Waals surface area contributed by atoms with Gasteiger partial charge in [0.2, 0.25) is 0 Å². The van der Waals surface area contributed by atoms with Crippen LogP contribution in [-0.2, 0) is 6.54 Å². The van der Waals surface area contributed by atoms with Crippen LogP contribution in [0.4, 0.5) is 4.39 Å². The minimum Gasteiger partial charge on any atom is -0.310 e. The van der Waals surface area contributed by atoms with Gasteiger partial charge in [-0.3, -0.25) is 0 Å². The molecule has 0 saturated carbocycles. The molecule has 1 aromatic heterocycles. The molecule has 0 aliphatic carbocycles. The molecule has 6 heteroatoms. The lowest BCUT2D eigenvalue weighted by molar-refractivity contribution is 0.621. The molecule has 0 fully saturated rings. The van der Waals surface area contributed by atoms with Gasteiger partial charge in [-0.25, -0.2) is 4.39 Å². The number of aromatic nitrogens is 2. The first kappa shape index (κ1) is 13.6. The molecule has 0 bridgehead atoms. The maximum absolute atomic E-state index is 13.1. The molecule has 0 unspecified atom stereocenters. The van der Waals surface area contributed by atoms with E-state index < -0.39 is 0 Å². The van der Waals surface area contributed by atoms with Crippen molar-refractivity contribution in [2.75, 3.05) is 6.54 Å². The third-order valence-electron chi connectivity index (χ3n) is 2.34. The van der Waals surface area contributed by atoms with Crippen molar-refractivity contribution in [2.24, 2.45) is 0 Å². The summed E-state index contributed by atoms with van der Waals surface area (Å²) in [6, 6.07) is 4.86. The highest BCUT2D eigenvalue weighted by Gasteiger charge is 2.08. The van der Waals surface area contributed by atoms with Crippen molar-refractivity contribution in [2.45, 2.75) is 19.9 Å². The summed E-state index contributed by atoms with van der Waals surface area (Å²) >= 11 is 4.69. The number of nitrogens with zero attached hydrogens (tertiary/aromatic N) is 2. The Bertz CT molecular complexity index is 530. The third-order valence-corrected chi connectivity index (χ3v) is 3.92. The van der Waals surface area contributed by atoms with Gasteiger partial charge < -0.3 is 5.32 Å². The van der Waals surface area contributed by atoms with Crippen molar-refractivity contribution < 1.29 is 4.39 Å². The Morgan fingerprint density at radius 2 is 2.22 bits per heavy atom. The SMILES string of the molecule is CCCNCc1nnc(-c2ccc(F)c(Br)c2)s1. The molecule has 0 radical (unpaired) electrons. The van der Waals surface area contributed by atoms with Crippen molar-refractivity contribution in [3.05, 3.63) is 33.5 Å². The van der Waals surface area contributed by atoms with E-state index in [0.29, 0.717) is 4.47 Å². The Hall–Kier alpha value is -0.850. The standard InChI is InChI=1S/C12H13BrFN3S/c1-2-5-15-7-11-16-17-12(18-11)8-3-4-10(14)9(13)6-8/h3-4,6,15H,2,5,7H2,1H3. The predicted octanol–water partition coefficient (Wildman–Crippen LogP) is 3.61. The zero-order chi connectivity index (χ0) is 13.0. The highest BCUT2D eigenvalue weighted by atomic mass is 79.9. The summed E-state index contributed by atoms with van der Waals surface area (Å²) in [6.07, 6.45) is 1.09. The van der Waals surface area contributed by atoms with Crippen LogP contribution in [0.15, 0.2) is 22.7 Å². The molecular formula is C12H13BrFN3S. The topological polar surface area (TPSA) is 37.8 Å². The van der Waals surface area contributed by atoms with Gasteiger partial charge in [0, 0.05) is 12.1 Å². The number of rotatable bonds is 5. The van der Waals surface area contributed by atoms with E-state index in [0.717, 1.165) is 35.1 Å². The Balaban J connectivity index is 2.11. The van der Waals surface area contributed by atoms with Crippen LogP contribution in [0.2, 0.25) is 0 Å². The number of halogens is 2. The largest absolute Gasteiger partial charge is 0.310 e. The fourth-order valence-corrected chi connectivity index (χ4v) is 2.63. The molecule has 1 N–H and O–H groups in total. The van der Waals surface area contributed by atoms with Gasteiger partial charge in [0.25, 0.3) is 0 Å². The van der Waals surface area contributed by atoms with E-state index >= 15 is 0 Å². The van der Waals surface area contributed by atoms with Gasteiger partial charge in [-0.2, -0.15) is 0 Å². The second-order valence-corrected chi connectivity index (χ2v) is 5.72. The molecule has 0 saturated heterocycles. The lowest BCUT2D eigenvalue weighted by atomic mass is 10.2. The average Bonchev–Trinajstić information content (AvgIpc) is 2.82. The van der Waals surface area contributed by atoms with Crippen LogP contribution in [-0.4, -0.2) is 16.7 Å². The summed E-state index contributed by atoms with van der Waals surface area (Å²) in [5, 5.41) is 13.3. The highest BCUT2D eigenvalue weighted by Crippen LogP contribution is 2.27. The van der Waals surface area contributed by atoms with Gasteiger partial charge in [-0.15, -0.1) is 10.2 Å². The summed E-state index contributed by atoms with van der Waals surface area (Å²) in [5.41, 5.74) is 0.877. The summed E-state index contributed by atoms with van der Waals surface area (Å²) in [6.45, 7) is 3.82. The minimum atomic E-state index is -0.270. The summed E-state index contributed by atoms with van der Waals surface area (Å²) < 4.78 is 13.6. The van der Waals surface area contributed by atoms with Crippen LogP contribution in [0.25, 0.3) is 10.6 Å². The summed E-state index contributed by atoms with van der Waals surface area (Å²) in [7, 11) is 0. The molecule has 18 heavy (non-hydrogen) atoms. The second-order valence-electron chi connectivity index (χ2n) is 3.81. The van der Waals surface area contributed by atoms with Crippen LogP contribution in [0.5, 0.6) is 0 Å². The maximum Gasteiger partial charge on any atom is 0.147 e. The molecular weight excluding hydrogens is 317 g/mol. The van der Waals surface area contributed by atoms with Crippen LogP contribution in [0.3, 0.4) is 0 Å². The minimum absolute atomic E-state index is 0.270. The van der Waals surface area contributed by atoms with Crippen molar-refractivity contribution in [1.29, 1.82) is 0 Å². The lowest BCUT2D eigenvalue weighted by Gasteiger charge is -1.98. The number of nitrogens with one attached hydrogen (secondary N) is 1. The number of hydrogen-bond donors (Lipinski definition) is 1. The first-order chi connectivity index (χ1) is 8.70. The Kier molecular flexibility index (Phi) is 4.79. The fourth-order valence-electron chi connectivity index (χ4n) is 1.44. The third kappa shape index (κ3) is 3.34. The lowest BCUT2D eigenvalue weighted by Crippen LogP contribution is -2.13. The van der Waals surface area contributed by atoms with E-state index in [4.69, 9.17) is 0 Å². The molecule has 0 atom stereocenters. The second kappa shape index (κ2) is 6.36. The smallest absolute Gasteiger partial charge is 0.147 e. The molecule has 0 spiro atoms. The molecule has 1 heterocycles. The Labute approximate surface area is 118 Å². The quantitative estimate of drug-likeness (QED) is 0.851. The van der Waals surface area contributed by atoms with Crippen LogP contribution in [0.1, 0.15) is 18.4 Å². The van der Waals surface area contributed by atoms with E-state index in [2.05, 4.69) is 38.4 Å². The number of hydrogen-bond acceptors (Lipinski definition) is 4. The Morgan fingerprint density at radius 3 is 2.94 bits per heavy atom. The first-order valence-corrected chi connectivity index (χ1v) is 7.30. The van der Waals surface area contributed by atoms with Crippen molar-refractivity contribution in [3.63, 3.8) is 0 Å². The molecule has 0 aliphatic rings. The molecule has 0 aliphatic heterocycles. The summed E-state index contributed by atoms with van der Waals surface area (Å²) in [5.74, 6) is -0.270. The Morgan fingerprint density at radius 1 is 1.39 bits per heavy atom. The van der Waals surface area contributed by atoms with Gasteiger partial charge in [0.1, 0.15) is 15.8 Å². The van der Waals surface area contributed by atoms with Crippen LogP contribution < -0.4 is 5.32 Å². The molecule has 2 rings (SSSR count). The van der Waals surface area contributed by atoms with Crippen LogP contribution >= 0.6 is 27.3 Å². The molecule has 96 valence electrons. The van der Waals surface area contributed by atoms with Gasteiger partial charge >= 0.3 is 0 Å². The van der Waals surface area contributed by atoms with E-state index in [1.165, 1.54) is 17.4 Å². The first-order valence-electron chi connectivity index (χ1n) is 5.69. The van der Waals surface area contributed by atoms with E-state index in [1.807, 2.05) is 0 Å². The average molecular weight is 330 g/mol. The van der Waals surface area contributed by atoms with Gasteiger partial charge in [0.15, 0.2) is 0 Å². The van der Waals surface area contributed by atoms with Gasteiger partial charge in [0.05, 0.1) is 4.47 Å². The highest BCUT2D eigenvalue weighted by molar-refractivity contribution is 9.10. The van der Waals surface area contributed by atoms with Crippen molar-refractivity contribution >= 4 is 27.3 Å². The van der Waals surface area contributed by atoms with Crippen molar-refractivity contribution in [1.82, 2.24) is 15.5 Å². The summed E-state index contributed by atoms with van der Waals surface area (Å²) in [4.78, 5) is 0. The molecule has 3 nitrogen and oxygen atoms in total. The van der Waals surface area contributed by atoms with Crippen LogP contribution in [0, 0.1) is 5.82 Å². The van der Waals surface area contributed by atoms with Crippen molar-refractivity contribution in [3.8, 4) is 10.6 Å². The van der Waals surface area contributed by atoms with Gasteiger partial charge in [-0.05, 0) is 47.1 Å². The zero-order valence-electron chi connectivity index (χ0n) is 9.91. The molecule has 2 aromatic rings. The van der Waals surface area contributed by atoms with Gasteiger partial charge in [-0.1, -0.05) is 18.3 Å². The normalized spacial score (nSPS) is 10.8. The molecule has 1 aromatic carbocycles. The van der Waals surface area contributed by atoms with E-state index in [-0.39, 0.29) is 5.82 Å². The van der Waals surface area contributed by atoms with E-state index in [9.17, 15) is 4.39 Å². The fraction of sp³-hybridized carbons (Fsp3) is 0.333. The maximum atomic E-state index is 13.1. The predicted molar refractivity (Wildman–Crippen MR) is 75.0 cm³/mol. The zero-order valence-corrected chi connectivity index (χ0v) is 12.3. The van der Waals surface area contributed by atoms with E-state index in [1.54, 1.807) is 12.1 Å². The molecule has 0 amide bonds. The number of benzene rings is 1. The monoisotopic (exact) mass is 329 g/mol.